The minimum Gasteiger partial charge on any atom is -0.480 e. The summed E-state index contributed by atoms with van der Waals surface area (Å²) in [6.45, 7) is 2.55. The predicted molar refractivity (Wildman–Crippen MR) is 118 cm³/mol. The van der Waals surface area contributed by atoms with E-state index in [1.807, 2.05) is 4.90 Å². The molecule has 1 aliphatic heterocycles. The molecule has 2 heterocycles. The smallest absolute Gasteiger partial charge is 0.320 e. The molecule has 0 saturated carbocycles. The first-order valence-electron chi connectivity index (χ1n) is 9.86. The molecule has 0 bridgehead atoms. The number of unbranched alkanes of at least 4 members (excludes halogenated alkanes) is 1. The van der Waals surface area contributed by atoms with Gasteiger partial charge in [0.25, 0.3) is 0 Å². The van der Waals surface area contributed by atoms with Crippen molar-refractivity contribution in [3.63, 3.8) is 0 Å². The maximum Gasteiger partial charge on any atom is 0.320 e. The number of halogens is 1. The quantitative estimate of drug-likeness (QED) is 0.409. The standard InChI is InChI=1S/C19H32N4O4S.ClH/c1-28(26,27)14-13-23(12-9-17(20)19(24)25)11-3-2-6-16-8-7-15-5-4-10-21-18(15)22-16;/h7-8,17H,2-6,9-14,20H2,1H3,(H,21,22)(H,24,25);1H. The van der Waals surface area contributed by atoms with Crippen LogP contribution in [0.15, 0.2) is 12.1 Å². The summed E-state index contributed by atoms with van der Waals surface area (Å²) >= 11 is 0. The van der Waals surface area contributed by atoms with Crippen molar-refractivity contribution in [2.45, 2.75) is 44.6 Å². The Morgan fingerprint density at radius 1 is 1.31 bits per heavy atom. The number of carbonyl (C=O) groups is 1. The van der Waals surface area contributed by atoms with Gasteiger partial charge in [-0.05, 0) is 56.7 Å². The van der Waals surface area contributed by atoms with Crippen molar-refractivity contribution in [2.75, 3.05) is 43.5 Å². The molecule has 8 nitrogen and oxygen atoms in total. The number of hydrogen-bond acceptors (Lipinski definition) is 7. The van der Waals surface area contributed by atoms with Crippen LogP contribution in [0.25, 0.3) is 0 Å². The molecule has 0 radical (unpaired) electrons. The summed E-state index contributed by atoms with van der Waals surface area (Å²) < 4.78 is 22.9. The zero-order valence-corrected chi connectivity index (χ0v) is 18.6. The van der Waals surface area contributed by atoms with Crippen molar-refractivity contribution in [3.8, 4) is 0 Å². The Hall–Kier alpha value is -1.42. The largest absolute Gasteiger partial charge is 0.480 e. The molecule has 10 heteroatoms. The molecule has 0 fully saturated rings. The van der Waals surface area contributed by atoms with Gasteiger partial charge in [0.05, 0.1) is 5.75 Å². The molecule has 1 atom stereocenters. The fourth-order valence-electron chi connectivity index (χ4n) is 3.23. The SMILES string of the molecule is CS(=O)(=O)CCN(CCCCc1ccc2c(n1)NCCC2)CCC(N)C(=O)O.Cl. The van der Waals surface area contributed by atoms with Crippen LogP contribution in [0.2, 0.25) is 0 Å². The maximum atomic E-state index is 11.5. The van der Waals surface area contributed by atoms with Gasteiger partial charge < -0.3 is 21.1 Å². The van der Waals surface area contributed by atoms with E-state index in [1.54, 1.807) is 0 Å². The summed E-state index contributed by atoms with van der Waals surface area (Å²) in [4.78, 5) is 17.6. The highest BCUT2D eigenvalue weighted by Gasteiger charge is 2.15. The zero-order chi connectivity index (χ0) is 20.6. The van der Waals surface area contributed by atoms with E-state index in [-0.39, 0.29) is 18.2 Å². The number of nitrogens with two attached hydrogens (primary N) is 1. The summed E-state index contributed by atoms with van der Waals surface area (Å²) in [5.41, 5.74) is 7.91. The highest BCUT2D eigenvalue weighted by atomic mass is 35.5. The highest BCUT2D eigenvalue weighted by Crippen LogP contribution is 2.20. The van der Waals surface area contributed by atoms with Gasteiger partial charge in [-0.25, -0.2) is 13.4 Å². The van der Waals surface area contributed by atoms with E-state index < -0.39 is 21.8 Å². The number of aromatic nitrogens is 1. The van der Waals surface area contributed by atoms with E-state index in [2.05, 4.69) is 17.4 Å². The van der Waals surface area contributed by atoms with Crippen LogP contribution in [-0.2, 0) is 27.5 Å². The summed E-state index contributed by atoms with van der Waals surface area (Å²) in [6.07, 6.45) is 6.42. The molecule has 1 unspecified atom stereocenters. The second-order valence-electron chi connectivity index (χ2n) is 7.50. The molecule has 0 amide bonds. The number of aliphatic carboxylic acids is 1. The minimum absolute atomic E-state index is 0. The van der Waals surface area contributed by atoms with E-state index in [1.165, 1.54) is 11.8 Å². The Morgan fingerprint density at radius 3 is 2.76 bits per heavy atom. The van der Waals surface area contributed by atoms with Gasteiger partial charge in [0, 0.05) is 31.6 Å². The lowest BCUT2D eigenvalue weighted by Gasteiger charge is -2.23. The van der Waals surface area contributed by atoms with Gasteiger partial charge in [0.1, 0.15) is 21.7 Å². The third kappa shape index (κ3) is 9.75. The molecule has 0 aliphatic carbocycles. The Kier molecular flexibility index (Phi) is 10.9. The van der Waals surface area contributed by atoms with Crippen LogP contribution in [0, 0.1) is 0 Å². The number of nitrogens with zero attached hydrogens (tertiary/aromatic N) is 2. The number of rotatable bonds is 12. The Balaban J connectivity index is 0.00000420. The van der Waals surface area contributed by atoms with E-state index in [9.17, 15) is 13.2 Å². The fraction of sp³-hybridized carbons (Fsp3) is 0.684. The van der Waals surface area contributed by atoms with Crippen LogP contribution in [0.3, 0.4) is 0 Å². The van der Waals surface area contributed by atoms with Gasteiger partial charge in [-0.15, -0.1) is 12.4 Å². The topological polar surface area (TPSA) is 126 Å². The van der Waals surface area contributed by atoms with Crippen molar-refractivity contribution in [1.82, 2.24) is 9.88 Å². The third-order valence-corrected chi connectivity index (χ3v) is 5.89. The number of hydrogen-bond donors (Lipinski definition) is 3. The number of fused-ring (bicyclic) bond motifs is 1. The number of nitrogens with one attached hydrogen (secondary N) is 1. The van der Waals surface area contributed by atoms with Gasteiger partial charge in [-0.1, -0.05) is 6.07 Å². The average Bonchev–Trinajstić information content (AvgIpc) is 2.65. The van der Waals surface area contributed by atoms with Crippen LogP contribution >= 0.6 is 12.4 Å². The van der Waals surface area contributed by atoms with E-state index >= 15 is 0 Å². The maximum absolute atomic E-state index is 11.5. The van der Waals surface area contributed by atoms with Gasteiger partial charge in [0.15, 0.2) is 0 Å². The average molecular weight is 449 g/mol. The molecule has 2 rings (SSSR count). The van der Waals surface area contributed by atoms with Crippen molar-refractivity contribution in [1.29, 1.82) is 0 Å². The number of carboxylic acids is 1. The van der Waals surface area contributed by atoms with E-state index in [0.29, 0.717) is 26.1 Å². The van der Waals surface area contributed by atoms with Gasteiger partial charge in [0.2, 0.25) is 0 Å². The number of aryl methyl sites for hydroxylation is 2. The van der Waals surface area contributed by atoms with Crippen LogP contribution in [0.4, 0.5) is 5.82 Å². The second-order valence-corrected chi connectivity index (χ2v) is 9.76. The normalized spacial score (nSPS) is 14.6. The van der Waals surface area contributed by atoms with Crippen LogP contribution in [0.5, 0.6) is 0 Å². The van der Waals surface area contributed by atoms with E-state index in [0.717, 1.165) is 50.2 Å². The summed E-state index contributed by atoms with van der Waals surface area (Å²) in [5.74, 6) is 0.0317. The number of anilines is 1. The summed E-state index contributed by atoms with van der Waals surface area (Å²) in [6, 6.07) is 3.31. The van der Waals surface area contributed by atoms with Crippen molar-refractivity contribution < 1.29 is 18.3 Å². The Bertz CT molecular complexity index is 761. The lowest BCUT2D eigenvalue weighted by molar-refractivity contribution is -0.138. The molecule has 1 aromatic heterocycles. The fourth-order valence-corrected chi connectivity index (χ4v) is 3.81. The van der Waals surface area contributed by atoms with Crippen LogP contribution in [-0.4, -0.2) is 73.6 Å². The molecule has 1 aromatic rings. The highest BCUT2D eigenvalue weighted by molar-refractivity contribution is 7.90. The van der Waals surface area contributed by atoms with Crippen molar-refractivity contribution >= 4 is 34.0 Å². The lowest BCUT2D eigenvalue weighted by atomic mass is 10.1. The Morgan fingerprint density at radius 2 is 2.07 bits per heavy atom. The molecular weight excluding hydrogens is 416 g/mol. The second kappa shape index (κ2) is 12.3. The van der Waals surface area contributed by atoms with Gasteiger partial charge in [-0.2, -0.15) is 0 Å². The minimum atomic E-state index is -3.06. The number of sulfone groups is 1. The van der Waals surface area contributed by atoms with Crippen molar-refractivity contribution in [3.05, 3.63) is 23.4 Å². The predicted octanol–water partition coefficient (Wildman–Crippen LogP) is 1.33. The first kappa shape index (κ1) is 25.6. The van der Waals surface area contributed by atoms with Crippen LogP contribution in [0.1, 0.15) is 36.9 Å². The zero-order valence-electron chi connectivity index (χ0n) is 17.0. The summed E-state index contributed by atoms with van der Waals surface area (Å²) in [5, 5.41) is 12.3. The first-order valence-corrected chi connectivity index (χ1v) is 11.9. The summed E-state index contributed by atoms with van der Waals surface area (Å²) in [7, 11) is -3.06. The van der Waals surface area contributed by atoms with Crippen LogP contribution < -0.4 is 11.1 Å². The third-order valence-electron chi connectivity index (χ3n) is 4.96. The molecule has 166 valence electrons. The molecule has 4 N–H and O–H groups in total. The molecular formula is C19H33ClN4O4S. The molecule has 1 aliphatic rings. The van der Waals surface area contributed by atoms with E-state index in [4.69, 9.17) is 15.8 Å². The number of pyridine rings is 1. The first-order chi connectivity index (χ1) is 13.2. The molecule has 29 heavy (non-hydrogen) atoms. The Labute approximate surface area is 179 Å². The van der Waals surface area contributed by atoms with Crippen molar-refractivity contribution in [2.24, 2.45) is 5.73 Å². The molecule has 0 spiro atoms. The van der Waals surface area contributed by atoms with Gasteiger partial charge >= 0.3 is 5.97 Å². The number of carboxylic acid groups (broad SMARTS) is 1. The monoisotopic (exact) mass is 448 g/mol. The molecule has 0 saturated heterocycles. The van der Waals surface area contributed by atoms with Gasteiger partial charge in [-0.3, -0.25) is 4.79 Å². The molecule has 0 aromatic carbocycles. The lowest BCUT2D eigenvalue weighted by Crippen LogP contribution is -2.37.